The highest BCUT2D eigenvalue weighted by molar-refractivity contribution is 5.77. The van der Waals surface area contributed by atoms with Crippen LogP contribution in [0.4, 0.5) is 0 Å². The lowest BCUT2D eigenvalue weighted by molar-refractivity contribution is -0.120. The average Bonchev–Trinajstić information content (AvgIpc) is 2.98. The van der Waals surface area contributed by atoms with E-state index in [1.165, 1.54) is 12.8 Å². The maximum Gasteiger partial charge on any atom is 0.234 e. The first-order valence-electron chi connectivity index (χ1n) is 5.63. The highest BCUT2D eigenvalue weighted by Crippen LogP contribution is 2.27. The monoisotopic (exact) mass is 223 g/mol. The zero-order chi connectivity index (χ0) is 11.4. The van der Waals surface area contributed by atoms with E-state index in [0.29, 0.717) is 13.1 Å². The van der Waals surface area contributed by atoms with Crippen molar-refractivity contribution in [1.82, 2.24) is 15.8 Å². The van der Waals surface area contributed by atoms with Gasteiger partial charge in [0, 0.05) is 6.07 Å². The van der Waals surface area contributed by atoms with Crippen LogP contribution in [0.1, 0.15) is 24.3 Å². The standard InChI is InChI=1S/C11H17N3O2/c1-8-4-10(14-16-8)6-13-11(15)7-12-5-9-2-3-9/h4,9,12H,2-3,5-7H2,1H3,(H,13,15). The molecule has 2 N–H and O–H groups in total. The molecule has 1 aromatic rings. The fourth-order valence-electron chi connectivity index (χ4n) is 1.46. The van der Waals surface area contributed by atoms with Gasteiger partial charge >= 0.3 is 0 Å². The second-order valence-corrected chi connectivity index (χ2v) is 4.28. The zero-order valence-electron chi connectivity index (χ0n) is 9.45. The first kappa shape index (κ1) is 11.1. The van der Waals surface area contributed by atoms with Crippen LogP contribution in [-0.4, -0.2) is 24.2 Å². The predicted molar refractivity (Wildman–Crippen MR) is 58.7 cm³/mol. The molecule has 1 heterocycles. The first-order chi connectivity index (χ1) is 7.74. The average molecular weight is 223 g/mol. The number of hydrogen-bond donors (Lipinski definition) is 2. The summed E-state index contributed by atoms with van der Waals surface area (Å²) in [5, 5.41) is 9.71. The minimum atomic E-state index is 0.00121. The molecule has 1 aromatic heterocycles. The van der Waals surface area contributed by atoms with E-state index in [0.717, 1.165) is 23.9 Å². The second kappa shape index (κ2) is 5.12. The Balaban J connectivity index is 1.59. The SMILES string of the molecule is Cc1cc(CNC(=O)CNCC2CC2)no1. The Kier molecular flexibility index (Phi) is 3.56. The quantitative estimate of drug-likeness (QED) is 0.741. The van der Waals surface area contributed by atoms with Crippen LogP contribution in [0.3, 0.4) is 0 Å². The van der Waals surface area contributed by atoms with Crippen molar-refractivity contribution >= 4 is 5.91 Å². The summed E-state index contributed by atoms with van der Waals surface area (Å²) in [5.74, 6) is 1.56. The highest BCUT2D eigenvalue weighted by Gasteiger charge is 2.20. The molecule has 16 heavy (non-hydrogen) atoms. The van der Waals surface area contributed by atoms with Gasteiger partial charge in [0.15, 0.2) is 0 Å². The topological polar surface area (TPSA) is 67.2 Å². The van der Waals surface area contributed by atoms with Crippen LogP contribution >= 0.6 is 0 Å². The van der Waals surface area contributed by atoms with Crippen LogP contribution in [0.15, 0.2) is 10.6 Å². The second-order valence-electron chi connectivity index (χ2n) is 4.28. The van der Waals surface area contributed by atoms with Crippen LogP contribution < -0.4 is 10.6 Å². The smallest absolute Gasteiger partial charge is 0.234 e. The van der Waals surface area contributed by atoms with Crippen LogP contribution in [0.2, 0.25) is 0 Å². The molecule has 0 bridgehead atoms. The van der Waals surface area contributed by atoms with Crippen molar-refractivity contribution in [1.29, 1.82) is 0 Å². The molecule has 1 amide bonds. The van der Waals surface area contributed by atoms with Crippen molar-refractivity contribution in [2.24, 2.45) is 5.92 Å². The molecule has 2 rings (SSSR count). The molecule has 0 spiro atoms. The number of nitrogens with zero attached hydrogens (tertiary/aromatic N) is 1. The van der Waals surface area contributed by atoms with Crippen molar-refractivity contribution < 1.29 is 9.32 Å². The van der Waals surface area contributed by atoms with Crippen molar-refractivity contribution in [2.75, 3.05) is 13.1 Å². The molecule has 0 radical (unpaired) electrons. The largest absolute Gasteiger partial charge is 0.361 e. The molecule has 1 saturated carbocycles. The van der Waals surface area contributed by atoms with Crippen molar-refractivity contribution in [3.05, 3.63) is 17.5 Å². The molecule has 88 valence electrons. The van der Waals surface area contributed by atoms with Crippen LogP contribution in [0, 0.1) is 12.8 Å². The van der Waals surface area contributed by atoms with Gasteiger partial charge in [-0.05, 0) is 32.2 Å². The Bertz CT molecular complexity index is 358. The number of rotatable bonds is 6. The van der Waals surface area contributed by atoms with E-state index in [1.807, 2.05) is 13.0 Å². The molecular weight excluding hydrogens is 206 g/mol. The third kappa shape index (κ3) is 3.66. The van der Waals surface area contributed by atoms with E-state index in [9.17, 15) is 4.79 Å². The third-order valence-electron chi connectivity index (χ3n) is 2.56. The number of amides is 1. The van der Waals surface area contributed by atoms with Gasteiger partial charge in [-0.15, -0.1) is 0 Å². The maximum absolute atomic E-state index is 11.4. The molecule has 5 nitrogen and oxygen atoms in total. The first-order valence-corrected chi connectivity index (χ1v) is 5.63. The summed E-state index contributed by atoms with van der Waals surface area (Å²) in [5.41, 5.74) is 0.757. The molecule has 1 aliphatic rings. The molecule has 0 aromatic carbocycles. The minimum Gasteiger partial charge on any atom is -0.361 e. The molecule has 0 saturated heterocycles. The Morgan fingerprint density at radius 1 is 1.62 bits per heavy atom. The lowest BCUT2D eigenvalue weighted by Crippen LogP contribution is -2.34. The molecular formula is C11H17N3O2. The summed E-state index contributed by atoms with van der Waals surface area (Å²) < 4.78 is 4.90. The number of carbonyl (C=O) groups excluding carboxylic acids is 1. The summed E-state index contributed by atoms with van der Waals surface area (Å²) in [6.07, 6.45) is 2.60. The summed E-state index contributed by atoms with van der Waals surface area (Å²) in [6.45, 7) is 3.60. The Morgan fingerprint density at radius 3 is 3.06 bits per heavy atom. The number of hydrogen-bond acceptors (Lipinski definition) is 4. The van der Waals surface area contributed by atoms with Gasteiger partial charge in [-0.1, -0.05) is 5.16 Å². The van der Waals surface area contributed by atoms with Gasteiger partial charge in [-0.2, -0.15) is 0 Å². The van der Waals surface area contributed by atoms with E-state index in [-0.39, 0.29) is 5.91 Å². The van der Waals surface area contributed by atoms with Crippen molar-refractivity contribution in [3.63, 3.8) is 0 Å². The van der Waals surface area contributed by atoms with Gasteiger partial charge in [-0.25, -0.2) is 0 Å². The maximum atomic E-state index is 11.4. The lowest BCUT2D eigenvalue weighted by Gasteiger charge is -2.04. The molecule has 0 unspecified atom stereocenters. The van der Waals surface area contributed by atoms with Gasteiger partial charge in [0.05, 0.1) is 13.1 Å². The number of carbonyl (C=O) groups is 1. The molecule has 0 atom stereocenters. The zero-order valence-corrected chi connectivity index (χ0v) is 9.45. The number of aryl methyl sites for hydroxylation is 1. The molecule has 5 heteroatoms. The van der Waals surface area contributed by atoms with E-state index in [4.69, 9.17) is 4.52 Å². The fourth-order valence-corrected chi connectivity index (χ4v) is 1.46. The van der Waals surface area contributed by atoms with Gasteiger partial charge < -0.3 is 15.2 Å². The summed E-state index contributed by atoms with van der Waals surface area (Å²) >= 11 is 0. The van der Waals surface area contributed by atoms with E-state index >= 15 is 0 Å². The highest BCUT2D eigenvalue weighted by atomic mass is 16.5. The Hall–Kier alpha value is -1.36. The Labute approximate surface area is 94.6 Å². The van der Waals surface area contributed by atoms with E-state index < -0.39 is 0 Å². The minimum absolute atomic E-state index is 0.00121. The summed E-state index contributed by atoms with van der Waals surface area (Å²) in [7, 11) is 0. The predicted octanol–water partition coefficient (Wildman–Crippen LogP) is 0.599. The van der Waals surface area contributed by atoms with Crippen LogP contribution in [0.5, 0.6) is 0 Å². The van der Waals surface area contributed by atoms with E-state index in [1.54, 1.807) is 0 Å². The van der Waals surface area contributed by atoms with Crippen molar-refractivity contribution in [3.8, 4) is 0 Å². The van der Waals surface area contributed by atoms with Crippen LogP contribution in [-0.2, 0) is 11.3 Å². The lowest BCUT2D eigenvalue weighted by atomic mass is 10.3. The summed E-state index contributed by atoms with van der Waals surface area (Å²) in [6, 6.07) is 1.82. The van der Waals surface area contributed by atoms with Gasteiger partial charge in [-0.3, -0.25) is 4.79 Å². The Morgan fingerprint density at radius 2 is 2.44 bits per heavy atom. The fraction of sp³-hybridized carbons (Fsp3) is 0.636. The number of nitrogens with one attached hydrogen (secondary N) is 2. The van der Waals surface area contributed by atoms with Gasteiger partial charge in [0.1, 0.15) is 11.5 Å². The third-order valence-corrected chi connectivity index (χ3v) is 2.56. The van der Waals surface area contributed by atoms with Gasteiger partial charge in [0.25, 0.3) is 0 Å². The number of aromatic nitrogens is 1. The normalized spacial score (nSPS) is 15.1. The molecule has 1 aliphatic carbocycles. The van der Waals surface area contributed by atoms with E-state index in [2.05, 4.69) is 15.8 Å². The van der Waals surface area contributed by atoms with Crippen LogP contribution in [0.25, 0.3) is 0 Å². The molecule has 0 aliphatic heterocycles. The summed E-state index contributed by atoms with van der Waals surface area (Å²) in [4.78, 5) is 11.4. The van der Waals surface area contributed by atoms with Gasteiger partial charge in [0.2, 0.25) is 5.91 Å². The molecule has 1 fully saturated rings. The van der Waals surface area contributed by atoms with Crippen molar-refractivity contribution in [2.45, 2.75) is 26.3 Å².